The van der Waals surface area contributed by atoms with E-state index in [4.69, 9.17) is 19.3 Å². The molecule has 21 heavy (non-hydrogen) atoms. The quantitative estimate of drug-likeness (QED) is 0.692. The molecule has 0 aliphatic rings. The molecule has 1 N–H and O–H groups in total. The third-order valence-electron chi connectivity index (χ3n) is 3.40. The second kappa shape index (κ2) is 6.01. The Bertz CT molecular complexity index is 691. The minimum absolute atomic E-state index is 0.258. The molecular formula is C16H18O5. The zero-order valence-corrected chi connectivity index (χ0v) is 12.5. The van der Waals surface area contributed by atoms with Gasteiger partial charge in [0.1, 0.15) is 6.61 Å². The average molecular weight is 290 g/mol. The molecule has 5 heteroatoms. The van der Waals surface area contributed by atoms with Gasteiger partial charge in [-0.2, -0.15) is 0 Å². The van der Waals surface area contributed by atoms with Crippen LogP contribution in [-0.2, 0) is 4.79 Å². The summed E-state index contributed by atoms with van der Waals surface area (Å²) < 4.78 is 15.8. The van der Waals surface area contributed by atoms with Crippen LogP contribution >= 0.6 is 0 Å². The van der Waals surface area contributed by atoms with Gasteiger partial charge in [-0.15, -0.1) is 0 Å². The van der Waals surface area contributed by atoms with Crippen LogP contribution in [0.25, 0.3) is 10.8 Å². The summed E-state index contributed by atoms with van der Waals surface area (Å²) in [5, 5.41) is 10.5. The molecule has 2 aromatic rings. The van der Waals surface area contributed by atoms with Gasteiger partial charge in [-0.05, 0) is 42.5 Å². The first-order valence-corrected chi connectivity index (χ1v) is 6.49. The number of aryl methyl sites for hydroxylation is 2. The molecule has 2 aromatic carbocycles. The van der Waals surface area contributed by atoms with E-state index in [9.17, 15) is 4.79 Å². The van der Waals surface area contributed by atoms with E-state index in [0.717, 1.165) is 21.9 Å². The van der Waals surface area contributed by atoms with Gasteiger partial charge >= 0.3 is 5.97 Å². The number of ether oxygens (including phenoxy) is 3. The number of benzene rings is 2. The van der Waals surface area contributed by atoms with Crippen molar-refractivity contribution < 1.29 is 24.1 Å². The highest BCUT2D eigenvalue weighted by Gasteiger charge is 2.19. The fourth-order valence-corrected chi connectivity index (χ4v) is 2.19. The molecule has 112 valence electrons. The molecule has 0 radical (unpaired) electrons. The van der Waals surface area contributed by atoms with Gasteiger partial charge in [0.15, 0.2) is 11.5 Å². The zero-order chi connectivity index (χ0) is 15.6. The van der Waals surface area contributed by atoms with Crippen LogP contribution in [0.15, 0.2) is 18.2 Å². The van der Waals surface area contributed by atoms with E-state index in [1.807, 2.05) is 32.0 Å². The van der Waals surface area contributed by atoms with E-state index >= 15 is 0 Å². The van der Waals surface area contributed by atoms with Crippen molar-refractivity contribution in [2.75, 3.05) is 20.8 Å². The van der Waals surface area contributed by atoms with Crippen molar-refractivity contribution in [3.05, 3.63) is 29.3 Å². The van der Waals surface area contributed by atoms with Crippen LogP contribution < -0.4 is 14.2 Å². The molecule has 0 saturated heterocycles. The lowest BCUT2D eigenvalue weighted by molar-refractivity contribution is -0.137. The molecule has 0 spiro atoms. The van der Waals surface area contributed by atoms with Crippen LogP contribution in [0.5, 0.6) is 17.2 Å². The number of aliphatic hydroxyl groups excluding tert-OH is 1. The second-order valence-electron chi connectivity index (χ2n) is 4.73. The number of aliphatic hydroxyl groups is 1. The molecule has 2 rings (SSSR count). The minimum Gasteiger partial charge on any atom is -0.493 e. The van der Waals surface area contributed by atoms with Gasteiger partial charge in [0.05, 0.1) is 14.2 Å². The first kappa shape index (κ1) is 15.1. The summed E-state index contributed by atoms with van der Waals surface area (Å²) in [6.07, 6.45) is 0. The molecule has 0 heterocycles. The van der Waals surface area contributed by atoms with E-state index in [1.54, 1.807) is 0 Å². The molecule has 0 aromatic heterocycles. The summed E-state index contributed by atoms with van der Waals surface area (Å²) in [6.45, 7) is 3.28. The van der Waals surface area contributed by atoms with E-state index in [0.29, 0.717) is 11.5 Å². The van der Waals surface area contributed by atoms with Crippen LogP contribution in [0.4, 0.5) is 0 Å². The summed E-state index contributed by atoms with van der Waals surface area (Å²) in [4.78, 5) is 11.5. The smallest absolute Gasteiger partial charge is 0.337 e. The molecule has 0 aliphatic heterocycles. The number of rotatable bonds is 4. The Balaban J connectivity index is 2.79. The fourth-order valence-electron chi connectivity index (χ4n) is 2.19. The number of esters is 1. The van der Waals surface area contributed by atoms with Gasteiger partial charge in [-0.3, -0.25) is 0 Å². The van der Waals surface area contributed by atoms with Gasteiger partial charge in [0.2, 0.25) is 5.75 Å². The van der Waals surface area contributed by atoms with E-state index < -0.39 is 12.6 Å². The fraction of sp³-hybridized carbons (Fsp3) is 0.312. The number of fused-ring (bicyclic) bond motifs is 1. The van der Waals surface area contributed by atoms with Crippen LogP contribution in [0.2, 0.25) is 0 Å². The lowest BCUT2D eigenvalue weighted by Gasteiger charge is -2.16. The molecule has 0 atom stereocenters. The number of hydrogen-bond acceptors (Lipinski definition) is 5. The summed E-state index contributed by atoms with van der Waals surface area (Å²) in [5.74, 6) is 0.305. The van der Waals surface area contributed by atoms with Crippen molar-refractivity contribution in [2.45, 2.75) is 13.8 Å². The first-order chi connectivity index (χ1) is 10.0. The lowest BCUT2D eigenvalue weighted by Crippen LogP contribution is -2.13. The van der Waals surface area contributed by atoms with Crippen molar-refractivity contribution in [1.29, 1.82) is 0 Å². The Morgan fingerprint density at radius 1 is 1.05 bits per heavy atom. The molecular weight excluding hydrogens is 272 g/mol. The maximum Gasteiger partial charge on any atom is 0.337 e. The first-order valence-electron chi connectivity index (χ1n) is 6.49. The zero-order valence-electron chi connectivity index (χ0n) is 12.5. The van der Waals surface area contributed by atoms with Crippen LogP contribution in [0.1, 0.15) is 11.1 Å². The van der Waals surface area contributed by atoms with Gasteiger partial charge in [-0.1, -0.05) is 6.07 Å². The Labute approximate surface area is 123 Å². The van der Waals surface area contributed by atoms with E-state index in [1.165, 1.54) is 14.2 Å². The summed E-state index contributed by atoms with van der Waals surface area (Å²) >= 11 is 0. The summed E-state index contributed by atoms with van der Waals surface area (Å²) in [6, 6.07) is 5.74. The van der Waals surface area contributed by atoms with Crippen molar-refractivity contribution in [3.63, 3.8) is 0 Å². The number of carbonyl (C=O) groups is 1. The normalized spacial score (nSPS) is 10.5. The third kappa shape index (κ3) is 2.78. The van der Waals surface area contributed by atoms with Crippen LogP contribution in [0.3, 0.4) is 0 Å². The highest BCUT2D eigenvalue weighted by Crippen LogP contribution is 2.44. The van der Waals surface area contributed by atoms with Crippen molar-refractivity contribution in [1.82, 2.24) is 0 Å². The maximum atomic E-state index is 11.5. The van der Waals surface area contributed by atoms with E-state index in [-0.39, 0.29) is 5.75 Å². The Morgan fingerprint density at radius 2 is 1.71 bits per heavy atom. The van der Waals surface area contributed by atoms with Crippen LogP contribution in [-0.4, -0.2) is 31.9 Å². The molecule has 0 bridgehead atoms. The van der Waals surface area contributed by atoms with Crippen molar-refractivity contribution in [2.24, 2.45) is 0 Å². The van der Waals surface area contributed by atoms with Gasteiger partial charge in [0.25, 0.3) is 0 Å². The molecule has 5 nitrogen and oxygen atoms in total. The average Bonchev–Trinajstić information content (AvgIpc) is 2.48. The monoisotopic (exact) mass is 290 g/mol. The van der Waals surface area contributed by atoms with Gasteiger partial charge < -0.3 is 19.3 Å². The topological polar surface area (TPSA) is 65.0 Å². The highest BCUT2D eigenvalue weighted by atomic mass is 16.6. The highest BCUT2D eigenvalue weighted by molar-refractivity contribution is 5.96. The van der Waals surface area contributed by atoms with Crippen molar-refractivity contribution in [3.8, 4) is 17.2 Å². The lowest BCUT2D eigenvalue weighted by atomic mass is 10.0. The number of hydrogen-bond donors (Lipinski definition) is 1. The maximum absolute atomic E-state index is 11.5. The van der Waals surface area contributed by atoms with Crippen molar-refractivity contribution >= 4 is 16.7 Å². The third-order valence-corrected chi connectivity index (χ3v) is 3.40. The summed E-state index contributed by atoms with van der Waals surface area (Å²) in [7, 11) is 2.99. The summed E-state index contributed by atoms with van der Waals surface area (Å²) in [5.41, 5.74) is 2.19. The molecule has 0 amide bonds. The Morgan fingerprint density at radius 3 is 2.29 bits per heavy atom. The predicted molar refractivity (Wildman–Crippen MR) is 79.2 cm³/mol. The predicted octanol–water partition coefficient (Wildman–Crippen LogP) is 2.37. The SMILES string of the molecule is COc1cc2cc(C)c(C)cc2c(OC(=O)CO)c1OC. The molecule has 0 aliphatic carbocycles. The standard InChI is InChI=1S/C16H18O5/c1-9-5-11-7-13(19-3)16(20-4)15(21-14(18)8-17)12(11)6-10(9)2/h5-7,17H,8H2,1-4H3. The molecule has 0 saturated carbocycles. The van der Waals surface area contributed by atoms with Gasteiger partial charge in [0, 0.05) is 5.39 Å². The largest absolute Gasteiger partial charge is 0.493 e. The Hall–Kier alpha value is -2.27. The van der Waals surface area contributed by atoms with E-state index in [2.05, 4.69) is 0 Å². The number of methoxy groups -OCH3 is 2. The van der Waals surface area contributed by atoms with Crippen LogP contribution in [0, 0.1) is 13.8 Å². The molecule has 0 unspecified atom stereocenters. The Kier molecular flexibility index (Phi) is 4.33. The second-order valence-corrected chi connectivity index (χ2v) is 4.73. The minimum atomic E-state index is -0.749. The van der Waals surface area contributed by atoms with Gasteiger partial charge in [-0.25, -0.2) is 4.79 Å². The molecule has 0 fully saturated rings. The number of carbonyl (C=O) groups excluding carboxylic acids is 1.